The molecule has 0 heterocycles. The molecule has 0 aliphatic carbocycles. The van der Waals surface area contributed by atoms with Crippen LogP contribution in [0.2, 0.25) is 0 Å². The molecule has 25 valence electrons. The largest absolute Gasteiger partial charge is 2.00 e. The molecule has 0 aliphatic rings. The normalized spacial score (nSPS) is 0. The third-order valence-electron chi connectivity index (χ3n) is 0. The van der Waals surface area contributed by atoms with Gasteiger partial charge in [0.25, 0.3) is 0 Å². The Balaban J connectivity index is 0. The quantitative estimate of drug-likeness (QED) is 0.408. The van der Waals surface area contributed by atoms with Crippen LogP contribution >= 0.6 is 0 Å². The van der Waals surface area contributed by atoms with Gasteiger partial charge < -0.3 is 4.28 Å². The Hall–Kier alpha value is 3.17. The first-order valence-electron chi connectivity index (χ1n) is 0. The maximum Gasteiger partial charge on any atom is 2.00 e. The summed E-state index contributed by atoms with van der Waals surface area (Å²) in [5, 5.41) is 0. The van der Waals surface area contributed by atoms with Gasteiger partial charge in [0.1, 0.15) is 0 Å². The van der Waals surface area contributed by atoms with Crippen LogP contribution in [0.1, 0.15) is 4.28 Å². The second-order valence-electron chi connectivity index (χ2n) is 0. The molecular formula is H3BaCoLiNi. The first-order valence-corrected chi connectivity index (χ1v) is 0. The van der Waals surface area contributed by atoms with Crippen molar-refractivity contribution in [3.8, 4) is 0 Å². The van der Waals surface area contributed by atoms with Crippen LogP contribution < -0.4 is 18.9 Å². The zero-order valence-electron chi connectivity index (χ0n) is 5.36. The van der Waals surface area contributed by atoms with Gasteiger partial charge in [-0.1, -0.05) is 0 Å². The van der Waals surface area contributed by atoms with Crippen molar-refractivity contribution < 1.29 is 56.4 Å². The summed E-state index contributed by atoms with van der Waals surface area (Å²) in [4.78, 5) is 0. The van der Waals surface area contributed by atoms with Gasteiger partial charge in [-0.2, -0.15) is 0 Å². The first kappa shape index (κ1) is 27.2. The molecule has 0 unspecified atom stereocenters. The van der Waals surface area contributed by atoms with Crippen molar-refractivity contribution in [1.82, 2.24) is 0 Å². The molecule has 0 spiro atoms. The fourth-order valence-corrected chi connectivity index (χ4v) is 0. The zero-order chi connectivity index (χ0) is 0. The van der Waals surface area contributed by atoms with Crippen LogP contribution in [0, 0.1) is 0 Å². The fourth-order valence-electron chi connectivity index (χ4n) is 0. The maximum atomic E-state index is 0. The minimum Gasteiger partial charge on any atom is -1.00 e. The van der Waals surface area contributed by atoms with Crippen molar-refractivity contribution in [2.45, 2.75) is 0 Å². The molecule has 4 heteroatoms. The summed E-state index contributed by atoms with van der Waals surface area (Å²) in [5.74, 6) is 0. The smallest absolute Gasteiger partial charge is 1.00 e. The van der Waals surface area contributed by atoms with Gasteiger partial charge in [-0.15, -0.1) is 0 Å². The molecule has 0 saturated heterocycles. The van der Waals surface area contributed by atoms with Gasteiger partial charge in [-0.3, -0.25) is 0 Å². The average molecular weight is 265 g/mol. The van der Waals surface area contributed by atoms with E-state index in [4.69, 9.17) is 0 Å². The maximum absolute atomic E-state index is 0. The van der Waals surface area contributed by atoms with E-state index in [1.165, 1.54) is 0 Å². The standard InChI is InChI=1S/Ba.Co.Li.Ni.3H/q+2;;+1;;3*-1. The SMILES string of the molecule is [Ba+2].[Co].[H-].[H-].[H-].[Li+].[Ni]. The van der Waals surface area contributed by atoms with E-state index in [0.29, 0.717) is 0 Å². The Labute approximate surface area is 103 Å². The van der Waals surface area contributed by atoms with Crippen molar-refractivity contribution in [3.63, 3.8) is 0 Å². The van der Waals surface area contributed by atoms with E-state index in [1.807, 2.05) is 0 Å². The van der Waals surface area contributed by atoms with Gasteiger partial charge in [0.15, 0.2) is 0 Å². The fraction of sp³-hybridized carbons (Fsp3) is 0. The van der Waals surface area contributed by atoms with E-state index < -0.39 is 0 Å². The third-order valence-corrected chi connectivity index (χ3v) is 0. The molecule has 0 N–H and O–H groups in total. The Morgan fingerprint density at radius 1 is 1.25 bits per heavy atom. The monoisotopic (exact) mass is 265 g/mol. The van der Waals surface area contributed by atoms with E-state index in [-0.39, 0.29) is 105 Å². The minimum absolute atomic E-state index is 0. The first-order chi connectivity index (χ1) is 0. The summed E-state index contributed by atoms with van der Waals surface area (Å²) in [7, 11) is 0. The molecule has 0 saturated carbocycles. The van der Waals surface area contributed by atoms with Crippen LogP contribution in [-0.4, -0.2) is 48.9 Å². The summed E-state index contributed by atoms with van der Waals surface area (Å²) < 4.78 is 0. The van der Waals surface area contributed by atoms with Gasteiger partial charge in [0.2, 0.25) is 0 Å². The Morgan fingerprint density at radius 2 is 1.25 bits per heavy atom. The molecule has 0 aromatic heterocycles. The molecule has 0 atom stereocenters. The molecular weight excluding hydrogens is 262 g/mol. The van der Waals surface area contributed by atoms with Gasteiger partial charge in [0.05, 0.1) is 0 Å². The number of rotatable bonds is 0. The summed E-state index contributed by atoms with van der Waals surface area (Å²) in [6.07, 6.45) is 0. The summed E-state index contributed by atoms with van der Waals surface area (Å²) >= 11 is 0. The zero-order valence-corrected chi connectivity index (χ0v) is 8.83. The second kappa shape index (κ2) is 16.4. The molecule has 0 aromatic carbocycles. The topological polar surface area (TPSA) is 0 Å². The van der Waals surface area contributed by atoms with E-state index in [9.17, 15) is 0 Å². The summed E-state index contributed by atoms with van der Waals surface area (Å²) in [5.41, 5.74) is 0. The van der Waals surface area contributed by atoms with E-state index in [1.54, 1.807) is 0 Å². The van der Waals surface area contributed by atoms with Gasteiger partial charge in [-0.25, -0.2) is 0 Å². The molecule has 0 fully saturated rings. The molecule has 0 bridgehead atoms. The van der Waals surface area contributed by atoms with Crippen LogP contribution in [-0.2, 0) is 33.3 Å². The van der Waals surface area contributed by atoms with Crippen molar-refractivity contribution >= 4 is 48.9 Å². The minimum atomic E-state index is 0. The summed E-state index contributed by atoms with van der Waals surface area (Å²) in [6.45, 7) is 0. The van der Waals surface area contributed by atoms with Crippen LogP contribution in [0.15, 0.2) is 0 Å². The predicted octanol–water partition coefficient (Wildman–Crippen LogP) is -3.04. The third kappa shape index (κ3) is 8.95. The van der Waals surface area contributed by atoms with Crippen LogP contribution in [0.3, 0.4) is 0 Å². The van der Waals surface area contributed by atoms with Crippen LogP contribution in [0.4, 0.5) is 0 Å². The van der Waals surface area contributed by atoms with E-state index >= 15 is 0 Å². The number of hydrogen-bond acceptors (Lipinski definition) is 0. The Morgan fingerprint density at radius 3 is 1.25 bits per heavy atom. The Kier molecular flexibility index (Phi) is 111. The average Bonchev–Trinajstić information content (AvgIpc) is 0. The van der Waals surface area contributed by atoms with Crippen LogP contribution in [0.5, 0.6) is 0 Å². The molecule has 4 heavy (non-hydrogen) atoms. The van der Waals surface area contributed by atoms with Crippen molar-refractivity contribution in [1.29, 1.82) is 0 Å². The van der Waals surface area contributed by atoms with Crippen molar-refractivity contribution in [2.24, 2.45) is 0 Å². The van der Waals surface area contributed by atoms with E-state index in [2.05, 4.69) is 0 Å². The van der Waals surface area contributed by atoms with Gasteiger partial charge >= 0.3 is 67.7 Å². The predicted molar refractivity (Wildman–Crippen MR) is 9.09 cm³/mol. The van der Waals surface area contributed by atoms with Crippen LogP contribution in [0.25, 0.3) is 0 Å². The molecule has 0 rings (SSSR count). The van der Waals surface area contributed by atoms with Crippen molar-refractivity contribution in [3.05, 3.63) is 0 Å². The second-order valence-corrected chi connectivity index (χ2v) is 0. The van der Waals surface area contributed by atoms with E-state index in [0.717, 1.165) is 0 Å². The van der Waals surface area contributed by atoms with Crippen molar-refractivity contribution in [2.75, 3.05) is 0 Å². The Bertz CT molecular complexity index is 14.9. The number of hydrogen-bond donors (Lipinski definition) is 0. The molecule has 0 nitrogen and oxygen atoms in total. The molecule has 0 amide bonds. The molecule has 0 aromatic rings. The van der Waals surface area contributed by atoms with Gasteiger partial charge in [0, 0.05) is 33.3 Å². The molecule has 0 aliphatic heterocycles. The summed E-state index contributed by atoms with van der Waals surface area (Å²) in [6, 6.07) is 0. The molecule has 1 radical (unpaired) electrons. The van der Waals surface area contributed by atoms with Gasteiger partial charge in [-0.05, 0) is 0 Å².